The third-order valence-electron chi connectivity index (χ3n) is 4.76. The van der Waals surface area contributed by atoms with Crippen LogP contribution in [0.1, 0.15) is 30.6 Å². The molecule has 2 rings (SSSR count). The average Bonchev–Trinajstić information content (AvgIpc) is 2.86. The van der Waals surface area contributed by atoms with E-state index in [-0.39, 0.29) is 11.8 Å². The van der Waals surface area contributed by atoms with Gasteiger partial charge in [-0.3, -0.25) is 19.2 Å². The molecule has 1 aromatic carbocycles. The minimum Gasteiger partial charge on any atom is -0.342 e. The maximum absolute atomic E-state index is 12.9. The summed E-state index contributed by atoms with van der Waals surface area (Å²) in [4.78, 5) is 30.8. The highest BCUT2D eigenvalue weighted by Gasteiger charge is 2.22. The van der Waals surface area contributed by atoms with E-state index in [4.69, 9.17) is 0 Å². The Hall–Kier alpha value is -2.13. The number of hydrogen-bond acceptors (Lipinski definition) is 5. The molecule has 0 radical (unpaired) electrons. The van der Waals surface area contributed by atoms with Crippen LogP contribution >= 0.6 is 0 Å². The minimum absolute atomic E-state index is 0.115. The number of likely N-dealkylation sites (N-methyl/N-ethyl adjacent to an activating group) is 1. The van der Waals surface area contributed by atoms with Gasteiger partial charge in [-0.2, -0.15) is 0 Å². The summed E-state index contributed by atoms with van der Waals surface area (Å²) in [6.07, 6.45) is 1.86. The van der Waals surface area contributed by atoms with Gasteiger partial charge in [0.2, 0.25) is 15.9 Å². The lowest BCUT2D eigenvalue weighted by Crippen LogP contribution is -2.42. The Kier molecular flexibility index (Phi) is 7.82. The Bertz CT molecular complexity index is 793. The second kappa shape index (κ2) is 9.88. The van der Waals surface area contributed by atoms with Crippen LogP contribution < -0.4 is 4.72 Å². The van der Waals surface area contributed by atoms with Crippen LogP contribution in [0.2, 0.25) is 0 Å². The largest absolute Gasteiger partial charge is 0.342 e. The van der Waals surface area contributed by atoms with Crippen molar-refractivity contribution in [1.82, 2.24) is 14.7 Å². The van der Waals surface area contributed by atoms with E-state index in [0.29, 0.717) is 50.5 Å². The molecule has 156 valence electrons. The van der Waals surface area contributed by atoms with Gasteiger partial charge < -0.3 is 9.80 Å². The molecule has 0 atom stereocenters. The zero-order valence-corrected chi connectivity index (χ0v) is 17.7. The topological polar surface area (TPSA) is 90.0 Å². The lowest BCUT2D eigenvalue weighted by molar-refractivity contribution is -0.132. The zero-order chi connectivity index (χ0) is 20.7. The van der Waals surface area contributed by atoms with Crippen LogP contribution in [-0.2, 0) is 14.8 Å². The highest BCUT2D eigenvalue weighted by Crippen LogP contribution is 2.15. The van der Waals surface area contributed by atoms with Crippen molar-refractivity contribution in [1.29, 1.82) is 0 Å². The van der Waals surface area contributed by atoms with Gasteiger partial charge in [-0.05, 0) is 38.5 Å². The van der Waals surface area contributed by atoms with E-state index in [2.05, 4.69) is 9.62 Å². The quantitative estimate of drug-likeness (QED) is 0.726. The Labute approximate surface area is 167 Å². The normalized spacial score (nSPS) is 15.8. The molecule has 1 aliphatic rings. The van der Waals surface area contributed by atoms with Crippen molar-refractivity contribution in [2.24, 2.45) is 0 Å². The van der Waals surface area contributed by atoms with E-state index < -0.39 is 10.0 Å². The molecule has 9 heteroatoms. The number of anilines is 1. The number of carbonyl (C=O) groups excluding carboxylic acids is 2. The van der Waals surface area contributed by atoms with E-state index in [0.717, 1.165) is 19.2 Å². The Morgan fingerprint density at radius 1 is 1.11 bits per heavy atom. The van der Waals surface area contributed by atoms with Gasteiger partial charge in [-0.15, -0.1) is 0 Å². The third kappa shape index (κ3) is 6.49. The summed E-state index contributed by atoms with van der Waals surface area (Å²) in [7, 11) is -3.40. The summed E-state index contributed by atoms with van der Waals surface area (Å²) in [5.74, 6) is -0.0154. The molecule has 0 spiro atoms. The first-order chi connectivity index (χ1) is 13.2. The SMILES string of the molecule is CCN(CC)C(=O)CN1CCCN(C(=O)c2cccc(NS(C)(=O)=O)c2)CC1. The summed E-state index contributed by atoms with van der Waals surface area (Å²) in [6, 6.07) is 6.51. The number of nitrogens with zero attached hydrogens (tertiary/aromatic N) is 3. The van der Waals surface area contributed by atoms with Crippen LogP contribution in [0.3, 0.4) is 0 Å². The summed E-state index contributed by atoms with van der Waals surface area (Å²) in [5, 5.41) is 0. The summed E-state index contributed by atoms with van der Waals surface area (Å²) < 4.78 is 25.2. The molecule has 1 aliphatic heterocycles. The molecule has 1 aromatic rings. The van der Waals surface area contributed by atoms with Crippen molar-refractivity contribution < 1.29 is 18.0 Å². The van der Waals surface area contributed by atoms with Crippen LogP contribution in [0.5, 0.6) is 0 Å². The molecule has 1 saturated heterocycles. The van der Waals surface area contributed by atoms with Crippen molar-refractivity contribution in [2.45, 2.75) is 20.3 Å². The Morgan fingerprint density at radius 3 is 2.46 bits per heavy atom. The first-order valence-electron chi connectivity index (χ1n) is 9.60. The number of hydrogen-bond donors (Lipinski definition) is 1. The lowest BCUT2D eigenvalue weighted by atomic mass is 10.1. The molecular formula is C19H30N4O4S. The van der Waals surface area contributed by atoms with Gasteiger partial charge in [0.25, 0.3) is 5.91 Å². The van der Waals surface area contributed by atoms with Crippen molar-refractivity contribution in [2.75, 3.05) is 56.8 Å². The maximum Gasteiger partial charge on any atom is 0.253 e. The van der Waals surface area contributed by atoms with Gasteiger partial charge in [0.15, 0.2) is 0 Å². The first kappa shape index (κ1) is 22.2. The van der Waals surface area contributed by atoms with E-state index in [1.54, 1.807) is 29.2 Å². The lowest BCUT2D eigenvalue weighted by Gasteiger charge is -2.25. The Balaban J connectivity index is 1.99. The number of carbonyl (C=O) groups is 2. The fraction of sp³-hybridized carbons (Fsp3) is 0.579. The number of nitrogens with one attached hydrogen (secondary N) is 1. The molecule has 1 heterocycles. The van der Waals surface area contributed by atoms with Gasteiger partial charge in [-0.1, -0.05) is 6.07 Å². The molecule has 2 amide bonds. The molecule has 8 nitrogen and oxygen atoms in total. The zero-order valence-electron chi connectivity index (χ0n) is 16.8. The molecule has 1 N–H and O–H groups in total. The number of benzene rings is 1. The second-order valence-corrected chi connectivity index (χ2v) is 8.69. The van der Waals surface area contributed by atoms with Crippen molar-refractivity contribution >= 4 is 27.5 Å². The van der Waals surface area contributed by atoms with Crippen molar-refractivity contribution in [3.63, 3.8) is 0 Å². The van der Waals surface area contributed by atoms with Gasteiger partial charge in [0.1, 0.15) is 0 Å². The number of rotatable bonds is 7. The molecule has 0 aliphatic carbocycles. The monoisotopic (exact) mass is 410 g/mol. The minimum atomic E-state index is -3.40. The van der Waals surface area contributed by atoms with Gasteiger partial charge >= 0.3 is 0 Å². The molecule has 28 heavy (non-hydrogen) atoms. The highest BCUT2D eigenvalue weighted by molar-refractivity contribution is 7.92. The van der Waals surface area contributed by atoms with Crippen LogP contribution in [0, 0.1) is 0 Å². The standard InChI is InChI=1S/C19H30N4O4S/c1-4-22(5-2)18(24)15-21-10-7-11-23(13-12-21)19(25)16-8-6-9-17(14-16)20-28(3,26)27/h6,8-9,14,20H,4-5,7,10-13,15H2,1-3H3. The van der Waals surface area contributed by atoms with Crippen LogP contribution in [-0.4, -0.2) is 87.0 Å². The molecule has 0 unspecified atom stereocenters. The van der Waals surface area contributed by atoms with E-state index in [9.17, 15) is 18.0 Å². The Morgan fingerprint density at radius 2 is 1.82 bits per heavy atom. The predicted octanol–water partition coefficient (Wildman–Crippen LogP) is 1.07. The average molecular weight is 411 g/mol. The van der Waals surface area contributed by atoms with E-state index in [1.807, 2.05) is 18.7 Å². The van der Waals surface area contributed by atoms with E-state index in [1.165, 1.54) is 0 Å². The molecule has 0 saturated carbocycles. The molecule has 0 aromatic heterocycles. The van der Waals surface area contributed by atoms with Crippen LogP contribution in [0.25, 0.3) is 0 Å². The second-order valence-electron chi connectivity index (χ2n) is 6.94. The van der Waals surface area contributed by atoms with Crippen LogP contribution in [0.4, 0.5) is 5.69 Å². The first-order valence-corrected chi connectivity index (χ1v) is 11.5. The summed E-state index contributed by atoms with van der Waals surface area (Å²) >= 11 is 0. The van der Waals surface area contributed by atoms with Crippen molar-refractivity contribution in [3.8, 4) is 0 Å². The highest BCUT2D eigenvalue weighted by atomic mass is 32.2. The summed E-state index contributed by atoms with van der Waals surface area (Å²) in [5.41, 5.74) is 0.816. The maximum atomic E-state index is 12.9. The van der Waals surface area contributed by atoms with Crippen molar-refractivity contribution in [3.05, 3.63) is 29.8 Å². The summed E-state index contributed by atoms with van der Waals surface area (Å²) in [6.45, 7) is 8.27. The van der Waals surface area contributed by atoms with Crippen LogP contribution in [0.15, 0.2) is 24.3 Å². The molecule has 1 fully saturated rings. The third-order valence-corrected chi connectivity index (χ3v) is 5.37. The fourth-order valence-electron chi connectivity index (χ4n) is 3.31. The van der Waals surface area contributed by atoms with E-state index >= 15 is 0 Å². The molecule has 0 bridgehead atoms. The fourth-order valence-corrected chi connectivity index (χ4v) is 3.87. The smallest absolute Gasteiger partial charge is 0.253 e. The number of amides is 2. The van der Waals surface area contributed by atoms with Gasteiger partial charge in [0, 0.05) is 50.5 Å². The van der Waals surface area contributed by atoms with Gasteiger partial charge in [-0.25, -0.2) is 8.42 Å². The molecular weight excluding hydrogens is 380 g/mol. The number of sulfonamides is 1. The van der Waals surface area contributed by atoms with Gasteiger partial charge in [0.05, 0.1) is 12.8 Å². The predicted molar refractivity (Wildman–Crippen MR) is 110 cm³/mol.